The highest BCUT2D eigenvalue weighted by Gasteiger charge is 2.52. The Hall–Kier alpha value is -1.13. The van der Waals surface area contributed by atoms with Crippen molar-refractivity contribution >= 4 is 30.3 Å². The molecule has 0 heterocycles. The third-order valence-corrected chi connectivity index (χ3v) is 9.77. The van der Waals surface area contributed by atoms with Crippen molar-refractivity contribution in [3.05, 3.63) is 60.7 Å². The Balaban J connectivity index is 2.38. The van der Waals surface area contributed by atoms with Crippen molar-refractivity contribution in [2.24, 2.45) is 0 Å². The van der Waals surface area contributed by atoms with E-state index in [1.54, 1.807) is 0 Å². The van der Waals surface area contributed by atoms with Gasteiger partial charge in [-0.25, -0.2) is 4.89 Å². The van der Waals surface area contributed by atoms with Gasteiger partial charge in [0.1, 0.15) is 0 Å². The van der Waals surface area contributed by atoms with Gasteiger partial charge in [-0.1, -0.05) is 113 Å². The molecule has 0 bridgehead atoms. The molecule has 1 unspecified atom stereocenters. The molecule has 2 nitrogen and oxygen atoms in total. The first kappa shape index (κ1) is 21.2. The monoisotopic (exact) mass is 390 g/mol. The van der Waals surface area contributed by atoms with Gasteiger partial charge in [0.05, 0.1) is 0 Å². The van der Waals surface area contributed by atoms with E-state index in [0.29, 0.717) is 0 Å². The second-order valence-corrected chi connectivity index (χ2v) is 12.4. The fourth-order valence-corrected chi connectivity index (χ4v) is 7.67. The second kappa shape index (κ2) is 9.70. The van der Waals surface area contributed by atoms with E-state index in [0.717, 1.165) is 19.3 Å². The van der Waals surface area contributed by atoms with Crippen molar-refractivity contribution in [2.75, 3.05) is 0 Å². The van der Waals surface area contributed by atoms with E-state index >= 15 is 0 Å². The van der Waals surface area contributed by atoms with Crippen molar-refractivity contribution in [1.29, 1.82) is 0 Å². The standard InChI is InChI=1S/C22H31ClO2Si/c1-5-6-9-18-21(23)24-25-26(22(2,3)4,19-14-10-7-11-15-19)20-16-12-8-13-17-20/h7-8,10-17,21H,5-6,9,18H2,1-4H3. The summed E-state index contributed by atoms with van der Waals surface area (Å²) in [6, 6.07) is 20.9. The lowest BCUT2D eigenvalue weighted by Gasteiger charge is -2.41. The number of unbranched alkanes of at least 4 members (excludes halogenated alkanes) is 2. The van der Waals surface area contributed by atoms with E-state index < -0.39 is 13.9 Å². The number of halogens is 1. The maximum absolute atomic E-state index is 6.42. The third-order valence-electron chi connectivity index (χ3n) is 4.73. The predicted octanol–water partition coefficient (Wildman–Crippen LogP) is 5.64. The summed E-state index contributed by atoms with van der Waals surface area (Å²) in [6.45, 7) is 8.86. The fraction of sp³-hybridized carbons (Fsp3) is 0.455. The average molecular weight is 391 g/mol. The summed E-state index contributed by atoms with van der Waals surface area (Å²) >= 11 is 6.42. The Morgan fingerprint density at radius 2 is 1.38 bits per heavy atom. The predicted molar refractivity (Wildman–Crippen MR) is 114 cm³/mol. The lowest BCUT2D eigenvalue weighted by Crippen LogP contribution is -2.66. The van der Waals surface area contributed by atoms with Crippen LogP contribution in [0, 0.1) is 0 Å². The van der Waals surface area contributed by atoms with Crippen LogP contribution in [-0.2, 0) is 9.46 Å². The van der Waals surface area contributed by atoms with Crippen LogP contribution in [0.25, 0.3) is 0 Å². The minimum absolute atomic E-state index is 0.115. The third kappa shape index (κ3) is 4.98. The SMILES string of the molecule is CCCCCC(Cl)OO[Si](c1ccccc1)(c1ccccc1)C(C)(C)C. The number of benzene rings is 2. The van der Waals surface area contributed by atoms with E-state index in [2.05, 4.69) is 76.2 Å². The van der Waals surface area contributed by atoms with Gasteiger partial charge < -0.3 is 0 Å². The molecule has 4 heteroatoms. The summed E-state index contributed by atoms with van der Waals surface area (Å²) < 4.78 is 6.37. The van der Waals surface area contributed by atoms with Crippen LogP contribution in [0.15, 0.2) is 60.7 Å². The van der Waals surface area contributed by atoms with Gasteiger partial charge in [-0.15, -0.1) is 0 Å². The van der Waals surface area contributed by atoms with E-state index in [9.17, 15) is 0 Å². The molecule has 142 valence electrons. The van der Waals surface area contributed by atoms with Gasteiger partial charge in [0.2, 0.25) is 0 Å². The van der Waals surface area contributed by atoms with Crippen LogP contribution in [0.3, 0.4) is 0 Å². The number of hydrogen-bond donors (Lipinski definition) is 0. The Morgan fingerprint density at radius 1 is 0.885 bits per heavy atom. The summed E-state index contributed by atoms with van der Waals surface area (Å²) in [7, 11) is -2.67. The average Bonchev–Trinajstić information content (AvgIpc) is 2.63. The molecule has 2 rings (SSSR count). The summed E-state index contributed by atoms with van der Waals surface area (Å²) in [5.41, 5.74) is -0.428. The Labute approximate surface area is 164 Å². The summed E-state index contributed by atoms with van der Waals surface area (Å²) in [4.78, 5) is 5.82. The molecule has 0 aliphatic heterocycles. The molecular formula is C22H31ClO2Si. The number of rotatable bonds is 9. The molecule has 0 aliphatic carbocycles. The van der Waals surface area contributed by atoms with Crippen molar-refractivity contribution in [3.63, 3.8) is 0 Å². The lowest BCUT2D eigenvalue weighted by molar-refractivity contribution is -0.233. The highest BCUT2D eigenvalue weighted by molar-refractivity contribution is 6.99. The van der Waals surface area contributed by atoms with Gasteiger partial charge in [-0.05, 0) is 28.3 Å². The maximum atomic E-state index is 6.42. The quantitative estimate of drug-likeness (QED) is 0.181. The minimum Gasteiger partial charge on any atom is -0.273 e. The van der Waals surface area contributed by atoms with Crippen molar-refractivity contribution < 1.29 is 9.46 Å². The zero-order chi connectivity index (χ0) is 19.0. The van der Waals surface area contributed by atoms with E-state index in [-0.39, 0.29) is 5.04 Å². The van der Waals surface area contributed by atoms with Crippen LogP contribution in [-0.4, -0.2) is 13.9 Å². The smallest absolute Gasteiger partial charge is 0.273 e. The molecule has 1 atom stereocenters. The molecule has 0 spiro atoms. The van der Waals surface area contributed by atoms with Crippen LogP contribution >= 0.6 is 11.6 Å². The Morgan fingerprint density at radius 3 is 1.81 bits per heavy atom. The molecule has 0 aromatic heterocycles. The van der Waals surface area contributed by atoms with Crippen molar-refractivity contribution in [2.45, 2.75) is 64.0 Å². The lowest BCUT2D eigenvalue weighted by atomic mass is 10.2. The molecule has 0 N–H and O–H groups in total. The molecule has 0 amide bonds. The molecule has 2 aromatic rings. The van der Waals surface area contributed by atoms with Gasteiger partial charge in [0.15, 0.2) is 5.56 Å². The summed E-state index contributed by atoms with van der Waals surface area (Å²) in [5.74, 6) is 0. The number of alkyl halides is 1. The maximum Gasteiger partial charge on any atom is 0.305 e. The summed E-state index contributed by atoms with van der Waals surface area (Å²) in [6.07, 6.45) is 4.17. The molecular weight excluding hydrogens is 360 g/mol. The zero-order valence-electron chi connectivity index (χ0n) is 16.4. The van der Waals surface area contributed by atoms with Crippen LogP contribution in [0.1, 0.15) is 53.4 Å². The molecule has 0 radical (unpaired) electrons. The molecule has 26 heavy (non-hydrogen) atoms. The van der Waals surface area contributed by atoms with E-state index in [1.165, 1.54) is 16.8 Å². The molecule has 0 fully saturated rings. The van der Waals surface area contributed by atoms with Crippen molar-refractivity contribution in [1.82, 2.24) is 0 Å². The van der Waals surface area contributed by atoms with Crippen LogP contribution in [0.4, 0.5) is 0 Å². The van der Waals surface area contributed by atoms with Gasteiger partial charge in [0, 0.05) is 0 Å². The second-order valence-electron chi connectivity index (χ2n) is 7.75. The number of hydrogen-bond acceptors (Lipinski definition) is 2. The topological polar surface area (TPSA) is 18.5 Å². The van der Waals surface area contributed by atoms with Crippen LogP contribution in [0.5, 0.6) is 0 Å². The summed E-state index contributed by atoms with van der Waals surface area (Å²) in [5, 5.41) is 2.27. The Kier molecular flexibility index (Phi) is 7.90. The molecule has 0 aliphatic rings. The fourth-order valence-electron chi connectivity index (χ4n) is 3.33. The van der Waals surface area contributed by atoms with Crippen molar-refractivity contribution in [3.8, 4) is 0 Å². The zero-order valence-corrected chi connectivity index (χ0v) is 18.1. The normalized spacial score (nSPS) is 13.6. The molecule has 2 aromatic carbocycles. The highest BCUT2D eigenvalue weighted by atomic mass is 35.5. The van der Waals surface area contributed by atoms with Crippen LogP contribution < -0.4 is 10.4 Å². The van der Waals surface area contributed by atoms with Gasteiger partial charge in [0.25, 0.3) is 0 Å². The highest BCUT2D eigenvalue weighted by Crippen LogP contribution is 2.37. The van der Waals surface area contributed by atoms with Gasteiger partial charge in [-0.3, -0.25) is 4.58 Å². The van der Waals surface area contributed by atoms with E-state index in [4.69, 9.17) is 21.1 Å². The van der Waals surface area contributed by atoms with Gasteiger partial charge in [-0.2, -0.15) is 0 Å². The van der Waals surface area contributed by atoms with Crippen LogP contribution in [0.2, 0.25) is 5.04 Å². The molecule has 0 saturated heterocycles. The van der Waals surface area contributed by atoms with Gasteiger partial charge >= 0.3 is 8.32 Å². The first-order valence-electron chi connectivity index (χ1n) is 9.51. The largest absolute Gasteiger partial charge is 0.305 e. The first-order chi connectivity index (χ1) is 12.4. The minimum atomic E-state index is -2.67. The van der Waals surface area contributed by atoms with E-state index in [1.807, 2.05) is 12.1 Å². The molecule has 0 saturated carbocycles. The first-order valence-corrected chi connectivity index (χ1v) is 11.9. The Bertz CT molecular complexity index is 601.